The Bertz CT molecular complexity index is 1160. The van der Waals surface area contributed by atoms with Crippen molar-refractivity contribution in [2.45, 2.75) is 65.1 Å². The average molecular weight is 493 g/mol. The fourth-order valence-electron chi connectivity index (χ4n) is 7.58. The van der Waals surface area contributed by atoms with Gasteiger partial charge in [0.15, 0.2) is 5.78 Å². The number of ether oxygens (including phenoxy) is 2. The van der Waals surface area contributed by atoms with Gasteiger partial charge in [-0.25, -0.2) is 9.18 Å². The number of carbonyl (C=O) groups is 2. The molecule has 36 heavy (non-hydrogen) atoms. The molecule has 1 aromatic rings. The van der Waals surface area contributed by atoms with E-state index in [1.807, 2.05) is 6.92 Å². The van der Waals surface area contributed by atoms with Crippen LogP contribution in [0.15, 0.2) is 60.2 Å². The fourth-order valence-corrected chi connectivity index (χ4v) is 7.58. The second kappa shape index (κ2) is 8.51. The van der Waals surface area contributed by atoms with Gasteiger partial charge < -0.3 is 9.47 Å². The minimum Gasteiger partial charge on any atom is -0.462 e. The van der Waals surface area contributed by atoms with Crippen LogP contribution in [-0.4, -0.2) is 24.0 Å². The zero-order valence-corrected chi connectivity index (χ0v) is 22.0. The highest BCUT2D eigenvalue weighted by Gasteiger charge is 2.83. The quantitative estimate of drug-likeness (QED) is 0.265. The Morgan fingerprint density at radius 1 is 1.22 bits per heavy atom. The highest BCUT2D eigenvalue weighted by atomic mass is 19.1. The predicted molar refractivity (Wildman–Crippen MR) is 136 cm³/mol. The number of carbonyl (C=O) groups excluding carboxylic acids is 2. The van der Waals surface area contributed by atoms with Gasteiger partial charge in [-0.2, -0.15) is 0 Å². The summed E-state index contributed by atoms with van der Waals surface area (Å²) >= 11 is 0. The molecule has 8 atom stereocenters. The molecule has 192 valence electrons. The van der Waals surface area contributed by atoms with Crippen molar-refractivity contribution < 1.29 is 23.5 Å². The number of Topliss-reactive ketones (excluding diaryl/α,β-unsaturated/α-hetero) is 1. The monoisotopic (exact) mass is 492 g/mol. The summed E-state index contributed by atoms with van der Waals surface area (Å²) < 4.78 is 26.3. The van der Waals surface area contributed by atoms with E-state index in [2.05, 4.69) is 46.4 Å². The maximum absolute atomic E-state index is 14.5. The summed E-state index contributed by atoms with van der Waals surface area (Å²) in [5.41, 5.74) is -0.509. The van der Waals surface area contributed by atoms with Crippen LogP contribution in [0, 0.1) is 40.8 Å². The lowest BCUT2D eigenvalue weighted by molar-refractivity contribution is -0.234. The number of esters is 1. The highest BCUT2D eigenvalue weighted by molar-refractivity contribution is 6.13. The van der Waals surface area contributed by atoms with E-state index in [-0.39, 0.29) is 36.0 Å². The molecule has 0 unspecified atom stereocenters. The molecule has 2 heterocycles. The number of hydrogen-bond acceptors (Lipinski definition) is 4. The van der Waals surface area contributed by atoms with Crippen LogP contribution >= 0.6 is 0 Å². The van der Waals surface area contributed by atoms with E-state index in [0.717, 1.165) is 24.8 Å². The average Bonchev–Trinajstić information content (AvgIpc) is 3.22. The van der Waals surface area contributed by atoms with Crippen molar-refractivity contribution in [3.8, 4) is 0 Å². The third-order valence-electron chi connectivity index (χ3n) is 9.59. The minimum absolute atomic E-state index is 0.0519. The van der Waals surface area contributed by atoms with Gasteiger partial charge in [-0.15, -0.1) is 6.58 Å². The molecule has 1 aromatic carbocycles. The third-order valence-corrected chi connectivity index (χ3v) is 9.59. The van der Waals surface area contributed by atoms with E-state index in [1.165, 1.54) is 23.3 Å². The first-order valence-electron chi connectivity index (χ1n) is 13.1. The molecule has 0 aromatic heterocycles. The van der Waals surface area contributed by atoms with E-state index >= 15 is 0 Å². The number of cyclic esters (lactones) is 1. The van der Waals surface area contributed by atoms with Crippen LogP contribution in [0.25, 0.3) is 0 Å². The lowest BCUT2D eigenvalue weighted by atomic mass is 9.42. The summed E-state index contributed by atoms with van der Waals surface area (Å²) in [5, 5.41) is 0. The largest absolute Gasteiger partial charge is 0.462 e. The predicted octanol–water partition coefficient (Wildman–Crippen LogP) is 6.32. The van der Waals surface area contributed by atoms with Gasteiger partial charge in [0.25, 0.3) is 0 Å². The summed E-state index contributed by atoms with van der Waals surface area (Å²) in [5.74, 6) is -1.00. The molecule has 5 rings (SSSR count). The molecular formula is C31H37FO4. The summed E-state index contributed by atoms with van der Waals surface area (Å²) in [6, 6.07) is 6.25. The van der Waals surface area contributed by atoms with Gasteiger partial charge in [-0.3, -0.25) is 4.79 Å². The number of fused-ring (bicyclic) bond motifs is 4. The standard InChI is InChI=1S/C31H37FO4/c1-7-29(6)17-35-28(34)31(29)27(33)26-24-23(19(4)10-8-9-18(2)3)16-11-20(5)25(24)30(26,36-31)21-12-14-22(32)15-13-21/h7,9,11-15,19,23-26H,1,8,10,16-17H2,2-6H3/t19-,23+,24+,25-,26+,29+,30+,31+/m1/s1. The number of hydrogen-bond donors (Lipinski definition) is 0. The number of benzene rings is 1. The van der Waals surface area contributed by atoms with Gasteiger partial charge in [0, 0.05) is 5.92 Å². The Hall–Kier alpha value is -2.53. The van der Waals surface area contributed by atoms with Crippen LogP contribution < -0.4 is 0 Å². The molecule has 2 saturated heterocycles. The fraction of sp³-hybridized carbons (Fsp3) is 0.548. The Morgan fingerprint density at radius 3 is 2.56 bits per heavy atom. The van der Waals surface area contributed by atoms with Gasteiger partial charge in [-0.05, 0) is 82.4 Å². The van der Waals surface area contributed by atoms with E-state index < -0.39 is 28.5 Å². The topological polar surface area (TPSA) is 52.6 Å². The number of halogens is 1. The first-order chi connectivity index (χ1) is 17.0. The Balaban J connectivity index is 1.63. The molecule has 0 radical (unpaired) electrons. The number of rotatable bonds is 6. The molecule has 2 aliphatic carbocycles. The van der Waals surface area contributed by atoms with E-state index in [4.69, 9.17) is 9.47 Å². The summed E-state index contributed by atoms with van der Waals surface area (Å²) in [6.07, 6.45) is 9.12. The lowest BCUT2D eigenvalue weighted by Gasteiger charge is -2.62. The molecule has 5 heteroatoms. The Labute approximate surface area is 213 Å². The minimum atomic E-state index is -1.73. The second-order valence-electron chi connectivity index (χ2n) is 11.9. The second-order valence-corrected chi connectivity index (χ2v) is 11.9. The van der Waals surface area contributed by atoms with Crippen molar-refractivity contribution in [3.63, 3.8) is 0 Å². The summed E-state index contributed by atoms with van der Waals surface area (Å²) in [4.78, 5) is 27.8. The van der Waals surface area contributed by atoms with Crippen LogP contribution in [-0.2, 0) is 24.7 Å². The maximum atomic E-state index is 14.5. The smallest absolute Gasteiger partial charge is 0.347 e. The van der Waals surface area contributed by atoms with Crippen molar-refractivity contribution in [1.29, 1.82) is 0 Å². The molecule has 1 saturated carbocycles. The molecule has 0 amide bonds. The number of allylic oxidation sites excluding steroid dienone is 3. The molecule has 0 bridgehead atoms. The zero-order valence-electron chi connectivity index (χ0n) is 22.0. The normalized spacial score (nSPS) is 39.6. The van der Waals surface area contributed by atoms with Crippen LogP contribution in [0.1, 0.15) is 59.4 Å². The molecule has 1 spiro atoms. The number of ketones is 1. The molecular weight excluding hydrogens is 455 g/mol. The Kier molecular flexibility index (Phi) is 5.94. The van der Waals surface area contributed by atoms with Crippen molar-refractivity contribution in [2.24, 2.45) is 35.0 Å². The molecule has 4 aliphatic rings. The van der Waals surface area contributed by atoms with Crippen LogP contribution in [0.2, 0.25) is 0 Å². The third kappa shape index (κ3) is 3.14. The van der Waals surface area contributed by atoms with Crippen LogP contribution in [0.4, 0.5) is 4.39 Å². The van der Waals surface area contributed by atoms with Crippen molar-refractivity contribution in [1.82, 2.24) is 0 Å². The van der Waals surface area contributed by atoms with Gasteiger partial charge >= 0.3 is 5.97 Å². The lowest BCUT2D eigenvalue weighted by Crippen LogP contribution is -2.64. The van der Waals surface area contributed by atoms with Crippen LogP contribution in [0.3, 0.4) is 0 Å². The highest BCUT2D eigenvalue weighted by Crippen LogP contribution is 2.73. The van der Waals surface area contributed by atoms with E-state index in [9.17, 15) is 14.0 Å². The zero-order chi connectivity index (χ0) is 26.0. The van der Waals surface area contributed by atoms with Gasteiger partial charge in [-0.1, -0.05) is 48.4 Å². The van der Waals surface area contributed by atoms with Crippen LogP contribution in [0.5, 0.6) is 0 Å². The maximum Gasteiger partial charge on any atom is 0.347 e. The molecule has 0 N–H and O–H groups in total. The van der Waals surface area contributed by atoms with E-state index in [1.54, 1.807) is 18.2 Å². The van der Waals surface area contributed by atoms with E-state index in [0.29, 0.717) is 5.92 Å². The summed E-state index contributed by atoms with van der Waals surface area (Å²) in [6.45, 7) is 14.4. The SMILES string of the molecule is C=C[C@@]1(C)COC(=O)[C@]12O[C@]1(c3ccc(F)cc3)[C@H](C2=O)[C@H]2[C@H]([C@H](C)CCC=C(C)C)CC=C(C)[C@H]21. The molecule has 2 aliphatic heterocycles. The van der Waals surface area contributed by atoms with Crippen molar-refractivity contribution in [2.75, 3.05) is 6.61 Å². The van der Waals surface area contributed by atoms with Gasteiger partial charge in [0.1, 0.15) is 18.0 Å². The molecule has 3 fully saturated rings. The Morgan fingerprint density at radius 2 is 1.92 bits per heavy atom. The van der Waals surface area contributed by atoms with Crippen molar-refractivity contribution in [3.05, 3.63) is 71.6 Å². The van der Waals surface area contributed by atoms with Gasteiger partial charge in [0.2, 0.25) is 5.60 Å². The van der Waals surface area contributed by atoms with Crippen molar-refractivity contribution >= 4 is 11.8 Å². The van der Waals surface area contributed by atoms with Gasteiger partial charge in [0.05, 0.1) is 11.3 Å². The molecule has 4 nitrogen and oxygen atoms in total. The first kappa shape index (κ1) is 25.1. The summed E-state index contributed by atoms with van der Waals surface area (Å²) in [7, 11) is 0. The first-order valence-corrected chi connectivity index (χ1v) is 13.1.